The van der Waals surface area contributed by atoms with E-state index >= 15 is 0 Å². The summed E-state index contributed by atoms with van der Waals surface area (Å²) < 4.78 is 9.73. The second-order valence-corrected chi connectivity index (χ2v) is 8.92. The minimum Gasteiger partial charge on any atom is -0.492 e. The summed E-state index contributed by atoms with van der Waals surface area (Å²) in [5.41, 5.74) is 5.27. The number of ether oxygens (including phenoxy) is 1. The van der Waals surface area contributed by atoms with Crippen molar-refractivity contribution >= 4 is 28.5 Å². The number of H-pyrrole nitrogens is 1. The summed E-state index contributed by atoms with van der Waals surface area (Å²) in [4.78, 5) is 17.4. The number of nitrogens with zero attached hydrogens (tertiary/aromatic N) is 6. The zero-order chi connectivity index (χ0) is 22.6. The number of aromatic nitrogens is 6. The molecule has 8 nitrogen and oxygen atoms in total. The Morgan fingerprint density at radius 1 is 1.03 bits per heavy atom. The van der Waals surface area contributed by atoms with Gasteiger partial charge in [0.05, 0.1) is 17.9 Å². The van der Waals surface area contributed by atoms with Gasteiger partial charge < -0.3 is 9.72 Å². The van der Waals surface area contributed by atoms with Gasteiger partial charge >= 0.3 is 0 Å². The van der Waals surface area contributed by atoms with Crippen LogP contribution in [0.4, 0.5) is 0 Å². The van der Waals surface area contributed by atoms with Crippen LogP contribution in [0.1, 0.15) is 11.5 Å². The van der Waals surface area contributed by atoms with Crippen LogP contribution in [0.25, 0.3) is 28.3 Å². The molecule has 0 radical (unpaired) electrons. The molecule has 0 aliphatic heterocycles. The van der Waals surface area contributed by atoms with Crippen molar-refractivity contribution in [2.45, 2.75) is 13.5 Å². The Bertz CT molecular complexity index is 1370. The molecular formula is C24H22IN7O. The van der Waals surface area contributed by atoms with Crippen LogP contribution in [0.3, 0.4) is 0 Å². The van der Waals surface area contributed by atoms with E-state index in [2.05, 4.69) is 41.0 Å². The Labute approximate surface area is 205 Å². The maximum Gasteiger partial charge on any atom is 0.155 e. The van der Waals surface area contributed by atoms with E-state index in [1.54, 1.807) is 10.8 Å². The van der Waals surface area contributed by atoms with Crippen molar-refractivity contribution in [1.82, 2.24) is 32.7 Å². The van der Waals surface area contributed by atoms with Gasteiger partial charge in [-0.2, -0.15) is 5.10 Å². The second-order valence-electron chi connectivity index (χ2n) is 7.56. The number of halogens is 1. The van der Waals surface area contributed by atoms with E-state index < -0.39 is 0 Å². The topological polar surface area (TPSA) is 84.2 Å². The van der Waals surface area contributed by atoms with Gasteiger partial charge in [0, 0.05) is 46.9 Å². The minimum absolute atomic E-state index is 0.593. The molecule has 5 rings (SSSR count). The quantitative estimate of drug-likeness (QED) is 0.222. The Kier molecular flexibility index (Phi) is 6.31. The summed E-state index contributed by atoms with van der Waals surface area (Å²) in [6, 6.07) is 19.8. The monoisotopic (exact) mass is 551 g/mol. The highest BCUT2D eigenvalue weighted by Crippen LogP contribution is 2.30. The molecule has 4 heterocycles. The van der Waals surface area contributed by atoms with E-state index in [1.807, 2.05) is 73.8 Å². The van der Waals surface area contributed by atoms with Gasteiger partial charge in [-0.1, -0.05) is 24.3 Å². The van der Waals surface area contributed by atoms with Gasteiger partial charge in [0.25, 0.3) is 0 Å². The first-order valence-corrected chi connectivity index (χ1v) is 11.5. The van der Waals surface area contributed by atoms with Crippen LogP contribution in [-0.2, 0) is 6.54 Å². The molecule has 5 aromatic rings. The number of aromatic amines is 1. The lowest BCUT2D eigenvalue weighted by Crippen LogP contribution is -2.19. The van der Waals surface area contributed by atoms with E-state index in [0.29, 0.717) is 13.2 Å². The number of benzene rings is 1. The van der Waals surface area contributed by atoms with Crippen LogP contribution < -0.4 is 4.74 Å². The molecule has 1 N–H and O–H groups in total. The van der Waals surface area contributed by atoms with Crippen molar-refractivity contribution in [2.75, 3.05) is 13.2 Å². The highest BCUT2D eigenvalue weighted by Gasteiger charge is 2.17. The largest absolute Gasteiger partial charge is 0.492 e. The zero-order valence-electron chi connectivity index (χ0n) is 18.0. The maximum absolute atomic E-state index is 5.83. The summed E-state index contributed by atoms with van der Waals surface area (Å²) in [7, 11) is 0. The molecule has 1 aromatic carbocycles. The highest BCUT2D eigenvalue weighted by atomic mass is 127. The number of para-hydroxylation sites is 1. The van der Waals surface area contributed by atoms with Gasteiger partial charge in [0.15, 0.2) is 5.65 Å². The normalized spacial score (nSPS) is 11.4. The molecule has 0 fully saturated rings. The molecule has 0 saturated heterocycles. The van der Waals surface area contributed by atoms with Crippen molar-refractivity contribution < 1.29 is 4.74 Å². The molecule has 9 heteroatoms. The molecule has 4 aromatic heterocycles. The molecule has 166 valence electrons. The molecule has 33 heavy (non-hydrogen) atoms. The first-order valence-electron chi connectivity index (χ1n) is 10.6. The fraction of sp³-hybridized carbons (Fsp3) is 0.167. The lowest BCUT2D eigenvalue weighted by atomic mass is 10.1. The fourth-order valence-electron chi connectivity index (χ4n) is 3.55. The second kappa shape index (κ2) is 9.67. The Morgan fingerprint density at radius 2 is 1.91 bits per heavy atom. The first kappa shape index (κ1) is 21.5. The molecule has 0 bridgehead atoms. The number of hydrogen-bond donors (Lipinski definition) is 1. The van der Waals surface area contributed by atoms with Crippen LogP contribution in [-0.4, -0.2) is 45.8 Å². The lowest BCUT2D eigenvalue weighted by molar-refractivity contribution is 0.286. The summed E-state index contributed by atoms with van der Waals surface area (Å²) >= 11 is 2.31. The maximum atomic E-state index is 5.83. The average Bonchev–Trinajstić information content (AvgIpc) is 3.46. The van der Waals surface area contributed by atoms with Crippen molar-refractivity contribution in [1.29, 1.82) is 0 Å². The molecule has 0 saturated carbocycles. The zero-order valence-corrected chi connectivity index (χ0v) is 20.2. The van der Waals surface area contributed by atoms with Gasteiger partial charge in [-0.05, 0) is 43.3 Å². The predicted molar refractivity (Wildman–Crippen MR) is 135 cm³/mol. The Balaban J connectivity index is 1.39. The summed E-state index contributed by atoms with van der Waals surface area (Å²) in [6.45, 7) is 3.98. The summed E-state index contributed by atoms with van der Waals surface area (Å²) in [5.74, 6) is 1.73. The third-order valence-corrected chi connectivity index (χ3v) is 5.94. The molecule has 0 aliphatic carbocycles. The average molecular weight is 551 g/mol. The van der Waals surface area contributed by atoms with Gasteiger partial charge in [-0.25, -0.2) is 17.6 Å². The molecular weight excluding hydrogens is 529 g/mol. The van der Waals surface area contributed by atoms with Gasteiger partial charge in [0.2, 0.25) is 0 Å². The standard InChI is InChI=1S/C24H22IN7O/c1-17-6-5-9-20(28-17)24-23(18-10-11-22-26-16-27-32(22)14-18)29-21(30-24)15-31(25)12-13-33-19-7-3-2-4-8-19/h2-11,14,16H,12-13,15H2,1H3,(H,29,30). The molecule has 0 unspecified atom stereocenters. The van der Waals surface area contributed by atoms with Gasteiger partial charge in [-0.3, -0.25) is 4.98 Å². The van der Waals surface area contributed by atoms with Crippen LogP contribution in [0, 0.1) is 6.92 Å². The number of hydrogen-bond acceptors (Lipinski definition) is 6. The number of aryl methyl sites for hydroxylation is 1. The number of fused-ring (bicyclic) bond motifs is 1. The van der Waals surface area contributed by atoms with Crippen molar-refractivity contribution in [3.8, 4) is 28.4 Å². The van der Waals surface area contributed by atoms with E-state index in [0.717, 1.165) is 52.1 Å². The molecule has 0 amide bonds. The number of nitrogens with one attached hydrogen (secondary N) is 1. The van der Waals surface area contributed by atoms with Crippen molar-refractivity contribution in [3.63, 3.8) is 0 Å². The summed E-state index contributed by atoms with van der Waals surface area (Å²) in [5, 5.41) is 4.27. The SMILES string of the molecule is Cc1cccc(-c2nc(CN(I)CCOc3ccccc3)[nH]c2-c2ccc3ncnn3c2)n1. The lowest BCUT2D eigenvalue weighted by Gasteiger charge is -2.13. The Morgan fingerprint density at radius 3 is 2.76 bits per heavy atom. The van der Waals surface area contributed by atoms with Crippen LogP contribution in [0.2, 0.25) is 0 Å². The van der Waals surface area contributed by atoms with Gasteiger partial charge in [0.1, 0.15) is 30.2 Å². The molecule has 0 spiro atoms. The third kappa shape index (κ3) is 5.04. The molecule has 0 aliphatic rings. The van der Waals surface area contributed by atoms with E-state index in [1.165, 1.54) is 0 Å². The number of imidazole rings is 1. The van der Waals surface area contributed by atoms with Crippen molar-refractivity contribution in [3.05, 3.63) is 84.7 Å². The predicted octanol–water partition coefficient (Wildman–Crippen LogP) is 4.72. The Hall–Kier alpha value is -3.31. The van der Waals surface area contributed by atoms with Gasteiger partial charge in [-0.15, -0.1) is 0 Å². The minimum atomic E-state index is 0.593. The number of rotatable bonds is 8. The van der Waals surface area contributed by atoms with E-state index in [9.17, 15) is 0 Å². The summed E-state index contributed by atoms with van der Waals surface area (Å²) in [6.07, 6.45) is 3.50. The smallest absolute Gasteiger partial charge is 0.155 e. The fourth-order valence-corrected chi connectivity index (χ4v) is 4.07. The van der Waals surface area contributed by atoms with E-state index in [4.69, 9.17) is 14.7 Å². The number of pyridine rings is 2. The van der Waals surface area contributed by atoms with Crippen molar-refractivity contribution in [2.24, 2.45) is 0 Å². The van der Waals surface area contributed by atoms with Crippen LogP contribution in [0.15, 0.2) is 73.2 Å². The van der Waals surface area contributed by atoms with Crippen LogP contribution in [0.5, 0.6) is 5.75 Å². The first-order chi connectivity index (χ1) is 16.2. The third-order valence-electron chi connectivity index (χ3n) is 5.11. The molecule has 0 atom stereocenters. The van der Waals surface area contributed by atoms with E-state index in [-0.39, 0.29) is 0 Å². The van der Waals surface area contributed by atoms with Crippen LogP contribution >= 0.6 is 22.9 Å². The highest BCUT2D eigenvalue weighted by molar-refractivity contribution is 14.1.